The predicted octanol–water partition coefficient (Wildman–Crippen LogP) is 1.15. The summed E-state index contributed by atoms with van der Waals surface area (Å²) in [4.78, 5) is 21.8. The van der Waals surface area contributed by atoms with Crippen molar-refractivity contribution in [2.45, 2.75) is 0 Å². The van der Waals surface area contributed by atoms with Gasteiger partial charge in [0.1, 0.15) is 0 Å². The first-order chi connectivity index (χ1) is 6.29. The second-order valence-electron chi connectivity index (χ2n) is 2.43. The number of carbonyl (C=O) groups is 2. The van der Waals surface area contributed by atoms with E-state index in [4.69, 9.17) is 5.73 Å². The van der Waals surface area contributed by atoms with Gasteiger partial charge in [0.05, 0.1) is 0 Å². The minimum atomic E-state index is -0.259. The highest BCUT2D eigenvalue weighted by Gasteiger charge is 2.05. The van der Waals surface area contributed by atoms with Crippen molar-refractivity contribution in [2.24, 2.45) is 5.73 Å². The maximum Gasteiger partial charge on any atom is 0.187 e. The normalized spacial score (nSPS) is 10.2. The highest BCUT2D eigenvalue weighted by Crippen LogP contribution is 2.07. The molecule has 0 saturated heterocycles. The maximum atomic E-state index is 11.3. The summed E-state index contributed by atoms with van der Waals surface area (Å²) in [5.41, 5.74) is 5.82. The molecule has 0 aliphatic carbocycles. The number of hydrogen-bond acceptors (Lipinski definition) is 3. The topological polar surface area (TPSA) is 60.2 Å². The lowest BCUT2D eigenvalue weighted by Crippen LogP contribution is -2.00. The van der Waals surface area contributed by atoms with E-state index in [1.165, 1.54) is 6.08 Å². The van der Waals surface area contributed by atoms with E-state index in [9.17, 15) is 9.59 Å². The molecule has 0 fully saturated rings. The van der Waals surface area contributed by atoms with E-state index in [0.717, 1.165) is 6.20 Å². The van der Waals surface area contributed by atoms with Gasteiger partial charge in [0.15, 0.2) is 12.1 Å². The van der Waals surface area contributed by atoms with Crippen molar-refractivity contribution in [1.82, 2.24) is 0 Å². The molecule has 0 heterocycles. The Kier molecular flexibility index (Phi) is 2.97. The van der Waals surface area contributed by atoms with Gasteiger partial charge >= 0.3 is 0 Å². The second kappa shape index (κ2) is 4.21. The molecule has 0 aliphatic rings. The van der Waals surface area contributed by atoms with Crippen LogP contribution in [0.1, 0.15) is 20.7 Å². The molecule has 0 unspecified atom stereocenters. The van der Waals surface area contributed by atoms with Crippen molar-refractivity contribution < 1.29 is 9.59 Å². The zero-order chi connectivity index (χ0) is 9.68. The van der Waals surface area contributed by atoms with Gasteiger partial charge in [-0.05, 0) is 6.20 Å². The fraction of sp³-hybridized carbons (Fsp3) is 0. The Bertz CT molecular complexity index is 356. The van der Waals surface area contributed by atoms with Crippen LogP contribution in [0.5, 0.6) is 0 Å². The van der Waals surface area contributed by atoms with Crippen molar-refractivity contribution in [3.05, 3.63) is 47.7 Å². The molecule has 0 spiro atoms. The molecule has 1 aromatic carbocycles. The number of benzene rings is 1. The Morgan fingerprint density at radius 2 is 2.00 bits per heavy atom. The lowest BCUT2D eigenvalue weighted by Gasteiger charge is -1.98. The van der Waals surface area contributed by atoms with Crippen LogP contribution in [0.2, 0.25) is 0 Å². The third-order valence-electron chi connectivity index (χ3n) is 1.60. The average molecular weight is 175 g/mol. The average Bonchev–Trinajstić information content (AvgIpc) is 2.18. The first-order valence-corrected chi connectivity index (χ1v) is 3.76. The van der Waals surface area contributed by atoms with Gasteiger partial charge in [-0.25, -0.2) is 0 Å². The zero-order valence-electron chi connectivity index (χ0n) is 6.94. The van der Waals surface area contributed by atoms with Gasteiger partial charge < -0.3 is 5.73 Å². The summed E-state index contributed by atoms with van der Waals surface area (Å²) in [6, 6.07) is 6.58. The molecule has 66 valence electrons. The molecule has 2 N–H and O–H groups in total. The molecule has 0 aliphatic heterocycles. The largest absolute Gasteiger partial charge is 0.404 e. The van der Waals surface area contributed by atoms with E-state index in [1.54, 1.807) is 24.3 Å². The molecule has 3 heteroatoms. The Hall–Kier alpha value is -1.90. The molecule has 0 atom stereocenters. The number of ketones is 1. The predicted molar refractivity (Wildman–Crippen MR) is 49.5 cm³/mol. The van der Waals surface area contributed by atoms with Crippen LogP contribution in [0.15, 0.2) is 36.5 Å². The molecule has 3 nitrogen and oxygen atoms in total. The number of allylic oxidation sites excluding steroid dienone is 1. The summed E-state index contributed by atoms with van der Waals surface area (Å²) >= 11 is 0. The van der Waals surface area contributed by atoms with Gasteiger partial charge in [-0.1, -0.05) is 24.3 Å². The highest BCUT2D eigenvalue weighted by molar-refractivity contribution is 6.09. The van der Waals surface area contributed by atoms with Gasteiger partial charge in [-0.15, -0.1) is 0 Å². The Labute approximate surface area is 75.9 Å². The lowest BCUT2D eigenvalue weighted by atomic mass is 10.0. The number of rotatable bonds is 3. The molecule has 0 amide bonds. The van der Waals surface area contributed by atoms with Crippen LogP contribution < -0.4 is 5.73 Å². The van der Waals surface area contributed by atoms with Gasteiger partial charge in [0.2, 0.25) is 0 Å². The Morgan fingerprint density at radius 3 is 2.62 bits per heavy atom. The van der Waals surface area contributed by atoms with Crippen molar-refractivity contribution >= 4 is 12.1 Å². The van der Waals surface area contributed by atoms with Gasteiger partial charge in [0.25, 0.3) is 0 Å². The standard InChI is InChI=1S/C10H9NO2/c11-6-5-10(13)9-4-2-1-3-8(9)7-12/h1-7H,11H2/b6-5-. The molecular formula is C10H9NO2. The minimum absolute atomic E-state index is 0.259. The van der Waals surface area contributed by atoms with Crippen LogP contribution >= 0.6 is 0 Å². The number of nitrogens with two attached hydrogens (primary N) is 1. The number of hydrogen-bond donors (Lipinski definition) is 1. The molecule has 0 radical (unpaired) electrons. The summed E-state index contributed by atoms with van der Waals surface area (Å²) < 4.78 is 0. The van der Waals surface area contributed by atoms with Crippen LogP contribution in [0.3, 0.4) is 0 Å². The summed E-state index contributed by atoms with van der Waals surface area (Å²) in [5.74, 6) is -0.259. The van der Waals surface area contributed by atoms with Crippen molar-refractivity contribution in [2.75, 3.05) is 0 Å². The van der Waals surface area contributed by atoms with Crippen molar-refractivity contribution in [3.8, 4) is 0 Å². The molecular weight excluding hydrogens is 166 g/mol. The van der Waals surface area contributed by atoms with E-state index < -0.39 is 0 Å². The molecule has 1 aromatic rings. The number of aldehydes is 1. The SMILES string of the molecule is N/C=C\C(=O)c1ccccc1C=O. The van der Waals surface area contributed by atoms with Crippen LogP contribution in [0.25, 0.3) is 0 Å². The van der Waals surface area contributed by atoms with Gasteiger partial charge in [-0.2, -0.15) is 0 Å². The van der Waals surface area contributed by atoms with Crippen LogP contribution in [0, 0.1) is 0 Å². The Balaban J connectivity index is 3.12. The summed E-state index contributed by atoms with van der Waals surface area (Å²) in [5, 5.41) is 0. The highest BCUT2D eigenvalue weighted by atomic mass is 16.1. The maximum absolute atomic E-state index is 11.3. The summed E-state index contributed by atoms with van der Waals surface area (Å²) in [7, 11) is 0. The molecule has 0 bridgehead atoms. The van der Waals surface area contributed by atoms with E-state index in [1.807, 2.05) is 0 Å². The fourth-order valence-electron chi connectivity index (χ4n) is 1.00. The van der Waals surface area contributed by atoms with E-state index in [2.05, 4.69) is 0 Å². The first kappa shape index (κ1) is 9.19. The van der Waals surface area contributed by atoms with Crippen LogP contribution in [-0.4, -0.2) is 12.1 Å². The molecule has 1 rings (SSSR count). The van der Waals surface area contributed by atoms with Gasteiger partial charge in [-0.3, -0.25) is 9.59 Å². The monoisotopic (exact) mass is 175 g/mol. The number of carbonyl (C=O) groups excluding carboxylic acids is 2. The molecule has 0 saturated carbocycles. The third kappa shape index (κ3) is 2.02. The third-order valence-corrected chi connectivity index (χ3v) is 1.60. The van der Waals surface area contributed by atoms with E-state index in [0.29, 0.717) is 17.4 Å². The zero-order valence-corrected chi connectivity index (χ0v) is 6.94. The lowest BCUT2D eigenvalue weighted by molar-refractivity contribution is 0.103. The van der Waals surface area contributed by atoms with E-state index >= 15 is 0 Å². The Morgan fingerprint density at radius 1 is 1.31 bits per heavy atom. The smallest absolute Gasteiger partial charge is 0.187 e. The fourth-order valence-corrected chi connectivity index (χ4v) is 1.00. The first-order valence-electron chi connectivity index (χ1n) is 3.76. The molecule has 13 heavy (non-hydrogen) atoms. The van der Waals surface area contributed by atoms with Crippen molar-refractivity contribution in [1.29, 1.82) is 0 Å². The van der Waals surface area contributed by atoms with Gasteiger partial charge in [0, 0.05) is 17.2 Å². The van der Waals surface area contributed by atoms with Crippen molar-refractivity contribution in [3.63, 3.8) is 0 Å². The van der Waals surface area contributed by atoms with E-state index in [-0.39, 0.29) is 5.78 Å². The molecule has 0 aromatic heterocycles. The quantitative estimate of drug-likeness (QED) is 0.426. The minimum Gasteiger partial charge on any atom is -0.404 e. The summed E-state index contributed by atoms with van der Waals surface area (Å²) in [6.07, 6.45) is 3.03. The van der Waals surface area contributed by atoms with Crippen LogP contribution in [-0.2, 0) is 0 Å². The summed E-state index contributed by atoms with van der Waals surface area (Å²) in [6.45, 7) is 0. The second-order valence-corrected chi connectivity index (χ2v) is 2.43. The van der Waals surface area contributed by atoms with Crippen LogP contribution in [0.4, 0.5) is 0 Å².